The second-order valence-corrected chi connectivity index (χ2v) is 8.66. The highest BCUT2D eigenvalue weighted by Crippen LogP contribution is 2.19. The molecule has 0 spiro atoms. The van der Waals surface area contributed by atoms with Gasteiger partial charge in [0.05, 0.1) is 22.3 Å². The number of nitrogens with one attached hydrogen (secondary N) is 1. The maximum Gasteiger partial charge on any atom is 0.335 e. The van der Waals surface area contributed by atoms with Gasteiger partial charge in [-0.25, -0.2) is 13.2 Å². The van der Waals surface area contributed by atoms with Gasteiger partial charge in [0.25, 0.3) is 5.91 Å². The smallest absolute Gasteiger partial charge is 0.335 e. The molecule has 0 bridgehead atoms. The Labute approximate surface area is 152 Å². The third-order valence-electron chi connectivity index (χ3n) is 3.82. The standard InChI is InChI=1S/C18H20N2O5S/c1-12(2)26(24,25)9-8-20-17(21)14-5-3-4-13(10-14)16-11-15(18(22)23)6-7-19-16/h3-7,10-12H,8-9H2,1-2H3,(H,20,21)(H,22,23). The number of carbonyl (C=O) groups is 2. The summed E-state index contributed by atoms with van der Waals surface area (Å²) < 4.78 is 23.5. The molecule has 1 aromatic carbocycles. The highest BCUT2D eigenvalue weighted by atomic mass is 32.2. The summed E-state index contributed by atoms with van der Waals surface area (Å²) in [7, 11) is -3.22. The second kappa shape index (κ2) is 8.09. The van der Waals surface area contributed by atoms with Crippen LogP contribution in [0.15, 0.2) is 42.6 Å². The van der Waals surface area contributed by atoms with Crippen LogP contribution < -0.4 is 5.32 Å². The van der Waals surface area contributed by atoms with Crippen LogP contribution >= 0.6 is 0 Å². The zero-order valence-corrected chi connectivity index (χ0v) is 15.3. The molecule has 1 heterocycles. The molecule has 138 valence electrons. The number of hydrogen-bond acceptors (Lipinski definition) is 5. The average molecular weight is 376 g/mol. The van der Waals surface area contributed by atoms with Crippen molar-refractivity contribution >= 4 is 21.7 Å². The summed E-state index contributed by atoms with van der Waals surface area (Å²) in [5.41, 5.74) is 1.47. The number of amides is 1. The lowest BCUT2D eigenvalue weighted by atomic mass is 10.1. The first-order valence-corrected chi connectivity index (χ1v) is 9.72. The first-order chi connectivity index (χ1) is 12.2. The summed E-state index contributed by atoms with van der Waals surface area (Å²) in [5, 5.41) is 11.2. The Morgan fingerprint density at radius 1 is 1.15 bits per heavy atom. The van der Waals surface area contributed by atoms with Crippen LogP contribution in [0.25, 0.3) is 11.3 Å². The normalized spacial score (nSPS) is 11.3. The lowest BCUT2D eigenvalue weighted by Crippen LogP contribution is -2.31. The largest absolute Gasteiger partial charge is 0.478 e. The minimum Gasteiger partial charge on any atom is -0.478 e. The van der Waals surface area contributed by atoms with Gasteiger partial charge < -0.3 is 10.4 Å². The van der Waals surface area contributed by atoms with Crippen molar-refractivity contribution < 1.29 is 23.1 Å². The van der Waals surface area contributed by atoms with E-state index in [1.165, 1.54) is 18.3 Å². The number of carboxylic acid groups (broad SMARTS) is 1. The molecule has 0 aliphatic heterocycles. The topological polar surface area (TPSA) is 113 Å². The Morgan fingerprint density at radius 2 is 1.88 bits per heavy atom. The van der Waals surface area contributed by atoms with Gasteiger partial charge >= 0.3 is 5.97 Å². The highest BCUT2D eigenvalue weighted by Gasteiger charge is 2.16. The number of hydrogen-bond donors (Lipinski definition) is 2. The average Bonchev–Trinajstić information content (AvgIpc) is 2.61. The molecule has 8 heteroatoms. The van der Waals surface area contributed by atoms with Crippen LogP contribution in [0, 0.1) is 0 Å². The molecule has 0 saturated carbocycles. The van der Waals surface area contributed by atoms with Gasteiger partial charge in [-0.1, -0.05) is 12.1 Å². The lowest BCUT2D eigenvalue weighted by Gasteiger charge is -2.09. The Kier molecular flexibility index (Phi) is 6.10. The van der Waals surface area contributed by atoms with Crippen molar-refractivity contribution in [1.29, 1.82) is 0 Å². The SMILES string of the molecule is CC(C)S(=O)(=O)CCNC(=O)c1cccc(-c2cc(C(=O)O)ccn2)c1. The highest BCUT2D eigenvalue weighted by molar-refractivity contribution is 7.92. The number of nitrogens with zero attached hydrogens (tertiary/aromatic N) is 1. The first kappa shape index (κ1) is 19.6. The fourth-order valence-corrected chi connectivity index (χ4v) is 3.04. The molecule has 1 amide bonds. The van der Waals surface area contributed by atoms with Gasteiger partial charge in [-0.3, -0.25) is 9.78 Å². The summed E-state index contributed by atoms with van der Waals surface area (Å²) in [4.78, 5) is 27.4. The number of pyridine rings is 1. The third kappa shape index (κ3) is 4.89. The molecule has 2 aromatic rings. The Hall–Kier alpha value is -2.74. The van der Waals surface area contributed by atoms with E-state index in [4.69, 9.17) is 5.11 Å². The number of rotatable bonds is 7. The molecule has 0 saturated heterocycles. The van der Waals surface area contributed by atoms with Crippen LogP contribution in [0.5, 0.6) is 0 Å². The summed E-state index contributed by atoms with van der Waals surface area (Å²) in [6.07, 6.45) is 1.39. The number of benzene rings is 1. The summed E-state index contributed by atoms with van der Waals surface area (Å²) in [5.74, 6) is -1.59. The van der Waals surface area contributed by atoms with E-state index in [1.54, 1.807) is 38.1 Å². The lowest BCUT2D eigenvalue weighted by molar-refractivity contribution is 0.0696. The third-order valence-corrected chi connectivity index (χ3v) is 6.03. The molecule has 0 aliphatic rings. The van der Waals surface area contributed by atoms with E-state index in [-0.39, 0.29) is 17.9 Å². The number of aromatic nitrogens is 1. The van der Waals surface area contributed by atoms with Gasteiger partial charge in [-0.2, -0.15) is 0 Å². The van der Waals surface area contributed by atoms with E-state index < -0.39 is 27.0 Å². The van der Waals surface area contributed by atoms with E-state index in [1.807, 2.05) is 0 Å². The van der Waals surface area contributed by atoms with Crippen LogP contribution in [0.3, 0.4) is 0 Å². The number of sulfone groups is 1. The Balaban J connectivity index is 2.12. The Morgan fingerprint density at radius 3 is 2.54 bits per heavy atom. The van der Waals surface area contributed by atoms with Crippen molar-refractivity contribution in [3.8, 4) is 11.3 Å². The van der Waals surface area contributed by atoms with Gasteiger partial charge in [0, 0.05) is 23.9 Å². The molecule has 1 aromatic heterocycles. The van der Waals surface area contributed by atoms with Crippen molar-refractivity contribution in [1.82, 2.24) is 10.3 Å². The summed E-state index contributed by atoms with van der Waals surface area (Å²) in [6, 6.07) is 9.36. The fraction of sp³-hybridized carbons (Fsp3) is 0.278. The number of aromatic carboxylic acids is 1. The van der Waals surface area contributed by atoms with Gasteiger partial charge in [0.15, 0.2) is 9.84 Å². The van der Waals surface area contributed by atoms with E-state index in [2.05, 4.69) is 10.3 Å². The van der Waals surface area contributed by atoms with Crippen LogP contribution in [0.2, 0.25) is 0 Å². The molecular formula is C18H20N2O5S. The van der Waals surface area contributed by atoms with Crippen LogP contribution in [0.4, 0.5) is 0 Å². The second-order valence-electron chi connectivity index (χ2n) is 5.99. The van der Waals surface area contributed by atoms with Gasteiger partial charge in [0.1, 0.15) is 0 Å². The zero-order valence-electron chi connectivity index (χ0n) is 14.5. The molecule has 0 fully saturated rings. The minimum absolute atomic E-state index is 0.0241. The van der Waals surface area contributed by atoms with Crippen molar-refractivity contribution in [3.63, 3.8) is 0 Å². The molecule has 7 nitrogen and oxygen atoms in total. The monoisotopic (exact) mass is 376 g/mol. The van der Waals surface area contributed by atoms with E-state index in [0.717, 1.165) is 0 Å². The minimum atomic E-state index is -3.22. The molecular weight excluding hydrogens is 356 g/mol. The summed E-state index contributed by atoms with van der Waals surface area (Å²) >= 11 is 0. The van der Waals surface area contributed by atoms with Crippen LogP contribution in [0.1, 0.15) is 34.6 Å². The van der Waals surface area contributed by atoms with Gasteiger partial charge in [-0.05, 0) is 38.1 Å². The van der Waals surface area contributed by atoms with E-state index in [9.17, 15) is 18.0 Å². The van der Waals surface area contributed by atoms with E-state index >= 15 is 0 Å². The van der Waals surface area contributed by atoms with Gasteiger partial charge in [-0.15, -0.1) is 0 Å². The maximum atomic E-state index is 12.2. The van der Waals surface area contributed by atoms with Crippen LogP contribution in [-0.2, 0) is 9.84 Å². The molecule has 2 N–H and O–H groups in total. The number of carbonyl (C=O) groups excluding carboxylic acids is 1. The predicted octanol–water partition coefficient (Wildman–Crippen LogP) is 2.00. The van der Waals surface area contributed by atoms with Gasteiger partial charge in [0.2, 0.25) is 0 Å². The van der Waals surface area contributed by atoms with Crippen molar-refractivity contribution in [2.45, 2.75) is 19.1 Å². The first-order valence-electron chi connectivity index (χ1n) is 8.00. The molecule has 26 heavy (non-hydrogen) atoms. The summed E-state index contributed by atoms with van der Waals surface area (Å²) in [6.45, 7) is 3.22. The zero-order chi connectivity index (χ0) is 19.3. The van der Waals surface area contributed by atoms with Crippen molar-refractivity contribution in [3.05, 3.63) is 53.7 Å². The number of carboxylic acids is 1. The molecule has 0 radical (unpaired) electrons. The maximum absolute atomic E-state index is 12.2. The molecule has 0 unspecified atom stereocenters. The molecule has 0 atom stereocenters. The fourth-order valence-electron chi connectivity index (χ4n) is 2.19. The Bertz CT molecular complexity index is 923. The van der Waals surface area contributed by atoms with Crippen molar-refractivity contribution in [2.75, 3.05) is 12.3 Å². The van der Waals surface area contributed by atoms with Crippen molar-refractivity contribution in [2.24, 2.45) is 0 Å². The van der Waals surface area contributed by atoms with Crippen LogP contribution in [-0.4, -0.2) is 47.9 Å². The quantitative estimate of drug-likeness (QED) is 0.764. The molecule has 2 rings (SSSR count). The predicted molar refractivity (Wildman–Crippen MR) is 97.9 cm³/mol. The van der Waals surface area contributed by atoms with E-state index in [0.29, 0.717) is 16.8 Å². The molecule has 0 aliphatic carbocycles.